The summed E-state index contributed by atoms with van der Waals surface area (Å²) in [5.74, 6) is 0.326. The minimum absolute atomic E-state index is 0.00428. The summed E-state index contributed by atoms with van der Waals surface area (Å²) >= 11 is 0. The van der Waals surface area contributed by atoms with E-state index in [1.54, 1.807) is 18.3 Å². The summed E-state index contributed by atoms with van der Waals surface area (Å²) in [5, 5.41) is 2.94. The maximum Gasteiger partial charge on any atom is 0.287 e. The highest BCUT2D eigenvalue weighted by Gasteiger charge is 2.24. The van der Waals surface area contributed by atoms with E-state index in [1.807, 2.05) is 25.1 Å². The highest BCUT2D eigenvalue weighted by molar-refractivity contribution is 5.91. The van der Waals surface area contributed by atoms with Crippen LogP contribution in [-0.2, 0) is 4.74 Å². The van der Waals surface area contributed by atoms with Crippen LogP contribution in [0.1, 0.15) is 29.2 Å². The van der Waals surface area contributed by atoms with Gasteiger partial charge in [-0.2, -0.15) is 0 Å². The number of nitrogens with zero attached hydrogens (tertiary/aromatic N) is 2. The first kappa shape index (κ1) is 17.4. The van der Waals surface area contributed by atoms with Gasteiger partial charge in [0.1, 0.15) is 0 Å². The SMILES string of the molecule is CCOc1ccc(C(=O)NC[C@H](c2ccccn2)N2CCOCC2)o1. The Bertz CT molecular complexity index is 668. The second-order valence-corrected chi connectivity index (χ2v) is 5.68. The summed E-state index contributed by atoms with van der Waals surface area (Å²) in [4.78, 5) is 19.1. The van der Waals surface area contributed by atoms with Gasteiger partial charge in [0.15, 0.2) is 5.76 Å². The number of carbonyl (C=O) groups excluding carboxylic acids is 1. The molecule has 1 aliphatic rings. The molecule has 1 amide bonds. The number of nitrogens with one attached hydrogen (secondary N) is 1. The average molecular weight is 345 g/mol. The normalized spacial score (nSPS) is 16.4. The first-order valence-corrected chi connectivity index (χ1v) is 8.51. The lowest BCUT2D eigenvalue weighted by atomic mass is 10.1. The minimum Gasteiger partial charge on any atom is -0.465 e. The first-order chi connectivity index (χ1) is 12.3. The zero-order chi connectivity index (χ0) is 17.5. The fourth-order valence-corrected chi connectivity index (χ4v) is 2.82. The second-order valence-electron chi connectivity index (χ2n) is 5.68. The Morgan fingerprint density at radius 1 is 1.32 bits per heavy atom. The van der Waals surface area contributed by atoms with Crippen LogP contribution in [0.25, 0.3) is 0 Å². The molecule has 1 N–H and O–H groups in total. The van der Waals surface area contributed by atoms with E-state index in [1.165, 1.54) is 0 Å². The van der Waals surface area contributed by atoms with Crippen molar-refractivity contribution in [2.24, 2.45) is 0 Å². The Balaban J connectivity index is 1.66. The number of hydrogen-bond acceptors (Lipinski definition) is 6. The number of pyridine rings is 1. The fraction of sp³-hybridized carbons (Fsp3) is 0.444. The molecule has 25 heavy (non-hydrogen) atoms. The molecule has 1 saturated heterocycles. The Kier molecular flexibility index (Phi) is 6.03. The molecule has 3 rings (SSSR count). The van der Waals surface area contributed by atoms with Gasteiger partial charge in [-0.1, -0.05) is 6.07 Å². The highest BCUT2D eigenvalue weighted by atomic mass is 16.6. The zero-order valence-electron chi connectivity index (χ0n) is 14.3. The largest absolute Gasteiger partial charge is 0.465 e. The molecule has 1 aliphatic heterocycles. The van der Waals surface area contributed by atoms with E-state index >= 15 is 0 Å². The van der Waals surface area contributed by atoms with Crippen LogP contribution in [0.15, 0.2) is 40.9 Å². The van der Waals surface area contributed by atoms with E-state index in [9.17, 15) is 4.79 Å². The number of furan rings is 1. The molecule has 3 heterocycles. The third kappa shape index (κ3) is 4.58. The van der Waals surface area contributed by atoms with Crippen molar-refractivity contribution in [3.05, 3.63) is 48.0 Å². The molecule has 0 saturated carbocycles. The third-order valence-electron chi connectivity index (χ3n) is 4.06. The van der Waals surface area contributed by atoms with Gasteiger partial charge < -0.3 is 19.2 Å². The first-order valence-electron chi connectivity index (χ1n) is 8.51. The number of ether oxygens (including phenoxy) is 2. The van der Waals surface area contributed by atoms with E-state index < -0.39 is 0 Å². The van der Waals surface area contributed by atoms with Gasteiger partial charge in [0.25, 0.3) is 11.9 Å². The summed E-state index contributed by atoms with van der Waals surface area (Å²) < 4.78 is 16.1. The molecular weight excluding hydrogens is 322 g/mol. The van der Waals surface area contributed by atoms with Crippen LogP contribution < -0.4 is 10.1 Å². The van der Waals surface area contributed by atoms with Crippen LogP contribution >= 0.6 is 0 Å². The number of aromatic nitrogens is 1. The van der Waals surface area contributed by atoms with Gasteiger partial charge >= 0.3 is 0 Å². The molecule has 134 valence electrons. The molecule has 7 heteroatoms. The molecule has 2 aromatic rings. The summed E-state index contributed by atoms with van der Waals surface area (Å²) in [7, 11) is 0. The van der Waals surface area contributed by atoms with Gasteiger partial charge in [0.05, 0.1) is 31.6 Å². The smallest absolute Gasteiger partial charge is 0.287 e. The van der Waals surface area contributed by atoms with E-state index in [2.05, 4.69) is 15.2 Å². The summed E-state index contributed by atoms with van der Waals surface area (Å²) in [6.07, 6.45) is 1.77. The molecule has 0 aliphatic carbocycles. The fourth-order valence-electron chi connectivity index (χ4n) is 2.82. The Morgan fingerprint density at radius 3 is 2.88 bits per heavy atom. The lowest BCUT2D eigenvalue weighted by molar-refractivity contribution is 0.0153. The van der Waals surface area contributed by atoms with Crippen LogP contribution in [0, 0.1) is 0 Å². The van der Waals surface area contributed by atoms with Gasteiger partial charge in [-0.05, 0) is 25.1 Å². The zero-order valence-corrected chi connectivity index (χ0v) is 14.3. The molecule has 1 fully saturated rings. The van der Waals surface area contributed by atoms with Gasteiger partial charge in [-0.15, -0.1) is 0 Å². The lowest BCUT2D eigenvalue weighted by Gasteiger charge is -2.34. The monoisotopic (exact) mass is 345 g/mol. The molecule has 0 radical (unpaired) electrons. The van der Waals surface area contributed by atoms with Gasteiger partial charge in [-0.3, -0.25) is 14.7 Å². The number of amides is 1. The standard InChI is InChI=1S/C18H23N3O4/c1-2-24-17-7-6-16(25-17)18(22)20-13-15(14-5-3-4-8-19-14)21-9-11-23-12-10-21/h3-8,15H,2,9-13H2,1H3,(H,20,22)/t15-/m1/s1. The van der Waals surface area contributed by atoms with Gasteiger partial charge in [0.2, 0.25) is 0 Å². The van der Waals surface area contributed by atoms with E-state index in [4.69, 9.17) is 13.9 Å². The van der Waals surface area contributed by atoms with Crippen LogP contribution in [0.3, 0.4) is 0 Å². The van der Waals surface area contributed by atoms with Crippen molar-refractivity contribution in [1.82, 2.24) is 15.2 Å². The number of morpholine rings is 1. The van der Waals surface area contributed by atoms with Gasteiger partial charge in [-0.25, -0.2) is 0 Å². The predicted octanol–water partition coefficient (Wildman–Crippen LogP) is 1.88. The van der Waals surface area contributed by atoms with Crippen molar-refractivity contribution in [1.29, 1.82) is 0 Å². The molecule has 0 unspecified atom stereocenters. The van der Waals surface area contributed by atoms with Crippen molar-refractivity contribution in [3.63, 3.8) is 0 Å². The van der Waals surface area contributed by atoms with Crippen molar-refractivity contribution >= 4 is 5.91 Å². The topological polar surface area (TPSA) is 76.8 Å². The molecule has 7 nitrogen and oxygen atoms in total. The Hall–Kier alpha value is -2.38. The van der Waals surface area contributed by atoms with Crippen LogP contribution in [-0.4, -0.2) is 55.2 Å². The van der Waals surface area contributed by atoms with Crippen molar-refractivity contribution in [2.45, 2.75) is 13.0 Å². The van der Waals surface area contributed by atoms with Crippen LogP contribution in [0.5, 0.6) is 5.95 Å². The Morgan fingerprint density at radius 2 is 2.16 bits per heavy atom. The maximum atomic E-state index is 12.4. The minimum atomic E-state index is -0.264. The van der Waals surface area contributed by atoms with Crippen LogP contribution in [0.4, 0.5) is 0 Å². The average Bonchev–Trinajstić information content (AvgIpc) is 3.13. The van der Waals surface area contributed by atoms with E-state index in [0.29, 0.717) is 32.3 Å². The summed E-state index contributed by atoms with van der Waals surface area (Å²) in [6, 6.07) is 9.08. The third-order valence-corrected chi connectivity index (χ3v) is 4.06. The molecule has 2 aromatic heterocycles. The molecule has 0 bridgehead atoms. The van der Waals surface area contributed by atoms with E-state index in [-0.39, 0.29) is 17.7 Å². The van der Waals surface area contributed by atoms with Crippen molar-refractivity contribution < 1.29 is 18.7 Å². The Labute approximate surface area is 146 Å². The highest BCUT2D eigenvalue weighted by Crippen LogP contribution is 2.20. The maximum absolute atomic E-state index is 12.4. The van der Waals surface area contributed by atoms with Gasteiger partial charge in [0, 0.05) is 31.9 Å². The van der Waals surface area contributed by atoms with Crippen LogP contribution in [0.2, 0.25) is 0 Å². The quantitative estimate of drug-likeness (QED) is 0.826. The van der Waals surface area contributed by atoms with Crippen molar-refractivity contribution in [2.75, 3.05) is 39.5 Å². The number of hydrogen-bond donors (Lipinski definition) is 1. The predicted molar refractivity (Wildman–Crippen MR) is 91.6 cm³/mol. The summed E-state index contributed by atoms with van der Waals surface area (Å²) in [6.45, 7) is 5.80. The van der Waals surface area contributed by atoms with E-state index in [0.717, 1.165) is 18.8 Å². The molecular formula is C18H23N3O4. The van der Waals surface area contributed by atoms with Crippen molar-refractivity contribution in [3.8, 4) is 5.95 Å². The molecule has 0 aromatic carbocycles. The number of carbonyl (C=O) groups is 1. The second kappa shape index (κ2) is 8.64. The summed E-state index contributed by atoms with van der Waals surface area (Å²) in [5.41, 5.74) is 0.930. The molecule has 1 atom stereocenters. The molecule has 0 spiro atoms. The number of rotatable bonds is 7. The lowest BCUT2D eigenvalue weighted by Crippen LogP contribution is -2.44.